The summed E-state index contributed by atoms with van der Waals surface area (Å²) in [6, 6.07) is 72.5. The maximum atomic E-state index is 14.7. The zero-order valence-corrected chi connectivity index (χ0v) is 53.2. The van der Waals surface area contributed by atoms with Gasteiger partial charge in [-0.15, -0.1) is 0 Å². The van der Waals surface area contributed by atoms with E-state index in [1.165, 1.54) is 0 Å². The van der Waals surface area contributed by atoms with Crippen molar-refractivity contribution < 1.29 is 37.4 Å². The standard InChI is InChI=1S/C77H72O8Si2/c1-76(2,3)86(7,8)84-72-45-39-54-27-15-21-33-60(54)66(72)48-64-58-31-19-13-25-52(58)37-43-70(64)82-74(78)80-68-41-35-50-23-11-17-29-56(50)62(68)47-63-57-30-18-12-24-51(57)36-42-69(63)81-75(79)83-71-44-38-53-26-14-20-32-59(53)65(71)49-67-61-34-22-16-28-55(61)40-46-73(67)85-87(9,10)77(4,5)6/h11-46H,47-49H2,1-10H3. The molecule has 0 aliphatic carbocycles. The van der Waals surface area contributed by atoms with Gasteiger partial charge in [-0.05, 0) is 137 Å². The van der Waals surface area contributed by atoms with E-state index in [4.69, 9.17) is 27.8 Å². The van der Waals surface area contributed by atoms with Crippen LogP contribution >= 0.6 is 0 Å². The van der Waals surface area contributed by atoms with Crippen molar-refractivity contribution in [3.63, 3.8) is 0 Å². The Morgan fingerprint density at radius 1 is 0.276 bits per heavy atom. The topological polar surface area (TPSA) is 89.5 Å². The van der Waals surface area contributed by atoms with Crippen LogP contribution in [0.5, 0.6) is 34.5 Å². The first-order valence-corrected chi connectivity index (χ1v) is 35.7. The van der Waals surface area contributed by atoms with E-state index < -0.39 is 28.9 Å². The fourth-order valence-electron chi connectivity index (χ4n) is 11.4. The predicted octanol–water partition coefficient (Wildman–Crippen LogP) is 21.3. The third-order valence-electron chi connectivity index (χ3n) is 18.2. The summed E-state index contributed by atoms with van der Waals surface area (Å²) in [6.07, 6.45) is -0.757. The maximum absolute atomic E-state index is 14.7. The van der Waals surface area contributed by atoms with Crippen LogP contribution in [0, 0.1) is 0 Å². The third kappa shape index (κ3) is 11.8. The van der Waals surface area contributed by atoms with Gasteiger partial charge < -0.3 is 27.8 Å². The minimum Gasteiger partial charge on any atom is -0.543 e. The first-order chi connectivity index (χ1) is 41.7. The summed E-state index contributed by atoms with van der Waals surface area (Å²) in [4.78, 5) is 29.4. The molecule has 10 heteroatoms. The second-order valence-electron chi connectivity index (χ2n) is 25.7. The number of carbonyl (C=O) groups excluding carboxylic acids is 2. The minimum absolute atomic E-state index is 0.0434. The highest BCUT2D eigenvalue weighted by Crippen LogP contribution is 2.45. The van der Waals surface area contributed by atoms with Crippen molar-refractivity contribution in [3.8, 4) is 34.5 Å². The van der Waals surface area contributed by atoms with Gasteiger partial charge in [-0.2, -0.15) is 0 Å². The molecule has 0 saturated carbocycles. The molecule has 0 spiro atoms. The molecule has 0 bridgehead atoms. The van der Waals surface area contributed by atoms with Crippen LogP contribution in [0.2, 0.25) is 36.3 Å². The number of ether oxygens (including phenoxy) is 4. The van der Waals surface area contributed by atoms with Crippen LogP contribution in [0.4, 0.5) is 9.59 Å². The van der Waals surface area contributed by atoms with Crippen molar-refractivity contribution in [3.05, 3.63) is 252 Å². The number of rotatable bonds is 14. The predicted molar refractivity (Wildman–Crippen MR) is 361 cm³/mol. The summed E-state index contributed by atoms with van der Waals surface area (Å²) in [5, 5.41) is 11.7. The van der Waals surface area contributed by atoms with Crippen LogP contribution < -0.4 is 27.8 Å². The lowest BCUT2D eigenvalue weighted by atomic mass is 9.93. The quantitative estimate of drug-likeness (QED) is 0.0604. The van der Waals surface area contributed by atoms with Crippen molar-refractivity contribution in [1.82, 2.24) is 0 Å². The van der Waals surface area contributed by atoms with E-state index in [0.29, 0.717) is 47.0 Å². The molecule has 8 nitrogen and oxygen atoms in total. The van der Waals surface area contributed by atoms with Crippen LogP contribution in [0.3, 0.4) is 0 Å². The molecule has 0 atom stereocenters. The SMILES string of the molecule is CC(C)(C)[Si](C)(C)Oc1ccc2ccccc2c1Cc1c(OC(=O)Oc2ccc3ccccc3c2Cc2c(OC(=O)Oc3ccc4ccccc4c3Cc3c(O[Si](C)(C)C(C)(C)C)ccc4ccccc34)ccc3ccccc23)ccc2ccccc12. The normalized spacial score (nSPS) is 12.3. The Hall–Kier alpha value is -9.23. The summed E-state index contributed by atoms with van der Waals surface area (Å²) < 4.78 is 39.9. The van der Waals surface area contributed by atoms with Gasteiger partial charge in [0.15, 0.2) is 0 Å². The van der Waals surface area contributed by atoms with Gasteiger partial charge in [0.05, 0.1) is 0 Å². The summed E-state index contributed by atoms with van der Waals surface area (Å²) in [7, 11) is -4.59. The third-order valence-corrected chi connectivity index (χ3v) is 26.8. The molecule has 12 rings (SSSR count). The summed E-state index contributed by atoms with van der Waals surface area (Å²) in [5.41, 5.74) is 5.08. The molecule has 0 saturated heterocycles. The smallest absolute Gasteiger partial charge is 0.519 e. The van der Waals surface area contributed by atoms with Crippen molar-refractivity contribution in [1.29, 1.82) is 0 Å². The number of benzene rings is 12. The average Bonchev–Trinajstić information content (AvgIpc) is 2.11. The second-order valence-corrected chi connectivity index (χ2v) is 35.2. The number of hydrogen-bond acceptors (Lipinski definition) is 8. The highest BCUT2D eigenvalue weighted by molar-refractivity contribution is 6.75. The Labute approximate surface area is 511 Å². The molecule has 0 fully saturated rings. The Morgan fingerprint density at radius 3 is 0.667 bits per heavy atom. The van der Waals surface area contributed by atoms with E-state index >= 15 is 0 Å². The second kappa shape index (κ2) is 23.2. The monoisotopic (exact) mass is 1180 g/mol. The summed E-state index contributed by atoms with van der Waals surface area (Å²) >= 11 is 0. The fourth-order valence-corrected chi connectivity index (χ4v) is 13.4. The molecule has 0 aliphatic rings. The molecule has 0 aromatic heterocycles. The lowest BCUT2D eigenvalue weighted by molar-refractivity contribution is 0.150. The largest absolute Gasteiger partial charge is 0.543 e. The lowest BCUT2D eigenvalue weighted by Gasteiger charge is -2.37. The molecule has 0 amide bonds. The van der Waals surface area contributed by atoms with Crippen molar-refractivity contribution >= 4 is 93.6 Å². The average molecular weight is 1180 g/mol. The van der Waals surface area contributed by atoms with E-state index in [1.54, 1.807) is 12.1 Å². The van der Waals surface area contributed by atoms with E-state index in [9.17, 15) is 9.59 Å². The van der Waals surface area contributed by atoms with E-state index in [2.05, 4.69) is 153 Å². The van der Waals surface area contributed by atoms with Gasteiger partial charge in [0.1, 0.15) is 34.5 Å². The van der Waals surface area contributed by atoms with Crippen LogP contribution in [0.1, 0.15) is 74.9 Å². The van der Waals surface area contributed by atoms with Gasteiger partial charge in [0.25, 0.3) is 0 Å². The maximum Gasteiger partial charge on any atom is 0.519 e. The molecular formula is C77H72O8Si2. The molecule has 0 heterocycles. The van der Waals surface area contributed by atoms with Crippen molar-refractivity contribution in [2.24, 2.45) is 0 Å². The highest BCUT2D eigenvalue weighted by atomic mass is 28.4. The number of carbonyl (C=O) groups is 2. The molecule has 12 aromatic carbocycles. The first kappa shape index (κ1) is 58.2. The van der Waals surface area contributed by atoms with Gasteiger partial charge in [0.2, 0.25) is 16.6 Å². The molecular weight excluding hydrogens is 1110 g/mol. The Kier molecular flexibility index (Phi) is 15.5. The van der Waals surface area contributed by atoms with Crippen molar-refractivity contribution in [2.45, 2.75) is 97.1 Å². The van der Waals surface area contributed by atoms with Gasteiger partial charge in [-0.25, -0.2) is 9.59 Å². The summed E-state index contributed by atoms with van der Waals surface area (Å²) in [6.45, 7) is 22.5. The van der Waals surface area contributed by atoms with E-state index in [0.717, 1.165) is 98.4 Å². The minimum atomic E-state index is -2.30. The first-order valence-electron chi connectivity index (χ1n) is 29.9. The van der Waals surface area contributed by atoms with E-state index in [-0.39, 0.29) is 16.5 Å². The highest BCUT2D eigenvalue weighted by Gasteiger charge is 2.41. The van der Waals surface area contributed by atoms with Crippen LogP contribution in [0.25, 0.3) is 64.6 Å². The molecule has 0 unspecified atom stereocenters. The molecule has 12 aromatic rings. The Morgan fingerprint density at radius 2 is 0.460 bits per heavy atom. The molecule has 0 aliphatic heterocycles. The van der Waals surface area contributed by atoms with Crippen LogP contribution in [0.15, 0.2) is 218 Å². The van der Waals surface area contributed by atoms with Gasteiger partial charge in [-0.3, -0.25) is 0 Å². The molecule has 0 radical (unpaired) electrons. The van der Waals surface area contributed by atoms with Crippen LogP contribution in [-0.2, 0) is 19.3 Å². The Bertz CT molecular complexity index is 4350. The van der Waals surface area contributed by atoms with Gasteiger partial charge in [-0.1, -0.05) is 224 Å². The number of fused-ring (bicyclic) bond motifs is 6. The van der Waals surface area contributed by atoms with Gasteiger partial charge in [0, 0.05) is 52.6 Å². The van der Waals surface area contributed by atoms with Crippen molar-refractivity contribution in [2.75, 3.05) is 0 Å². The lowest BCUT2D eigenvalue weighted by Crippen LogP contribution is -2.44. The summed E-state index contributed by atoms with van der Waals surface area (Å²) in [5.74, 6) is 3.00. The van der Waals surface area contributed by atoms with E-state index in [1.807, 2.05) is 121 Å². The molecule has 87 heavy (non-hydrogen) atoms. The number of hydrogen-bond donors (Lipinski definition) is 0. The van der Waals surface area contributed by atoms with Gasteiger partial charge >= 0.3 is 12.3 Å². The zero-order valence-electron chi connectivity index (χ0n) is 51.2. The van der Waals surface area contributed by atoms with Crippen LogP contribution in [-0.4, -0.2) is 28.9 Å². The molecule has 0 N–H and O–H groups in total. The molecule has 436 valence electrons. The zero-order chi connectivity index (χ0) is 60.8. The fraction of sp³-hybridized carbons (Fsp3) is 0.195. The Balaban J connectivity index is 0.884.